The van der Waals surface area contributed by atoms with E-state index in [1.165, 1.54) is 0 Å². The summed E-state index contributed by atoms with van der Waals surface area (Å²) in [4.78, 5) is 21.3. The number of nitrogens with zero attached hydrogens (tertiary/aromatic N) is 4. The molecule has 0 saturated carbocycles. The van der Waals surface area contributed by atoms with Gasteiger partial charge in [-0.2, -0.15) is 4.98 Å². The van der Waals surface area contributed by atoms with Gasteiger partial charge in [0, 0.05) is 44.6 Å². The lowest BCUT2D eigenvalue weighted by molar-refractivity contribution is -0.131. The predicted octanol–water partition coefficient (Wildman–Crippen LogP) is 3.34. The number of rotatable bonds is 6. The van der Waals surface area contributed by atoms with Crippen molar-refractivity contribution in [3.05, 3.63) is 60.0 Å². The van der Waals surface area contributed by atoms with E-state index in [1.807, 2.05) is 54.3 Å². The van der Waals surface area contributed by atoms with Gasteiger partial charge < -0.3 is 19.1 Å². The average Bonchev–Trinajstić information content (AvgIpc) is 3.26. The monoisotopic (exact) mass is 406 g/mol. The Kier molecular flexibility index (Phi) is 5.97. The zero-order valence-electron chi connectivity index (χ0n) is 17.4. The smallest absolute Gasteiger partial charge is 0.227 e. The molecule has 7 nitrogen and oxygen atoms in total. The van der Waals surface area contributed by atoms with Crippen molar-refractivity contribution in [2.75, 3.05) is 38.2 Å². The van der Waals surface area contributed by atoms with Crippen molar-refractivity contribution in [3.8, 4) is 17.1 Å². The number of carbonyl (C=O) groups is 1. The molecule has 4 rings (SSSR count). The van der Waals surface area contributed by atoms with Gasteiger partial charge in [-0.1, -0.05) is 41.6 Å². The number of aromatic nitrogens is 2. The van der Waals surface area contributed by atoms with Gasteiger partial charge in [-0.3, -0.25) is 4.79 Å². The van der Waals surface area contributed by atoms with E-state index in [0.717, 1.165) is 35.7 Å². The van der Waals surface area contributed by atoms with Gasteiger partial charge in [0.1, 0.15) is 5.75 Å². The number of methoxy groups -OCH3 is 1. The highest BCUT2D eigenvalue weighted by Gasteiger charge is 2.23. The minimum absolute atomic E-state index is 0.116. The first-order valence-electron chi connectivity index (χ1n) is 10.2. The summed E-state index contributed by atoms with van der Waals surface area (Å²) in [6, 6.07) is 15.9. The molecule has 0 radical (unpaired) electrons. The fourth-order valence-corrected chi connectivity index (χ4v) is 3.75. The van der Waals surface area contributed by atoms with E-state index >= 15 is 0 Å². The van der Waals surface area contributed by atoms with Crippen molar-refractivity contribution in [1.82, 2.24) is 15.0 Å². The third-order valence-corrected chi connectivity index (χ3v) is 5.47. The van der Waals surface area contributed by atoms with Crippen LogP contribution < -0.4 is 9.64 Å². The largest absolute Gasteiger partial charge is 0.495 e. The number of benzene rings is 2. The summed E-state index contributed by atoms with van der Waals surface area (Å²) in [5, 5.41) is 4.07. The number of ether oxygens (including phenoxy) is 1. The first-order chi connectivity index (χ1) is 14.7. The predicted molar refractivity (Wildman–Crippen MR) is 115 cm³/mol. The lowest BCUT2D eigenvalue weighted by Gasteiger charge is -2.36. The maximum atomic E-state index is 12.7. The van der Waals surface area contributed by atoms with Gasteiger partial charge in [0.15, 0.2) is 0 Å². The Labute approximate surface area is 176 Å². The SMILES string of the molecule is COc1ccccc1N1CCN(C(=O)CCc2nc(-c3ccccc3C)no2)CC1. The molecule has 0 bridgehead atoms. The normalized spacial score (nSPS) is 14.1. The fraction of sp³-hybridized carbons (Fsp3) is 0.348. The van der Waals surface area contributed by atoms with Crippen LogP contribution in [0.25, 0.3) is 11.4 Å². The van der Waals surface area contributed by atoms with Crippen LogP contribution in [0.1, 0.15) is 17.9 Å². The molecule has 1 aliphatic heterocycles. The Balaban J connectivity index is 1.30. The van der Waals surface area contributed by atoms with Crippen molar-refractivity contribution >= 4 is 11.6 Å². The molecule has 1 saturated heterocycles. The van der Waals surface area contributed by atoms with Gasteiger partial charge >= 0.3 is 0 Å². The molecule has 1 amide bonds. The maximum Gasteiger partial charge on any atom is 0.227 e. The van der Waals surface area contributed by atoms with Crippen LogP contribution in [-0.2, 0) is 11.2 Å². The van der Waals surface area contributed by atoms with Crippen molar-refractivity contribution in [2.45, 2.75) is 19.8 Å². The standard InChI is InChI=1S/C23H26N4O3/c1-17-7-3-4-8-18(17)23-24-21(30-25-23)11-12-22(28)27-15-13-26(14-16-27)19-9-5-6-10-20(19)29-2/h3-10H,11-16H2,1-2H3. The fourth-order valence-electron chi connectivity index (χ4n) is 3.75. The van der Waals surface area contributed by atoms with Crippen LogP contribution in [0, 0.1) is 6.92 Å². The maximum absolute atomic E-state index is 12.7. The summed E-state index contributed by atoms with van der Waals surface area (Å²) in [6.45, 7) is 4.96. The second-order valence-electron chi connectivity index (χ2n) is 7.37. The van der Waals surface area contributed by atoms with Crippen LogP contribution in [0.15, 0.2) is 53.1 Å². The van der Waals surface area contributed by atoms with E-state index in [0.29, 0.717) is 37.6 Å². The van der Waals surface area contributed by atoms with Gasteiger partial charge in [-0.15, -0.1) is 0 Å². The van der Waals surface area contributed by atoms with Gasteiger partial charge in [-0.05, 0) is 24.6 Å². The zero-order chi connectivity index (χ0) is 20.9. The Morgan fingerprint density at radius 3 is 2.57 bits per heavy atom. The number of aryl methyl sites for hydroxylation is 2. The Morgan fingerprint density at radius 1 is 1.07 bits per heavy atom. The summed E-state index contributed by atoms with van der Waals surface area (Å²) >= 11 is 0. The van der Waals surface area contributed by atoms with Crippen LogP contribution >= 0.6 is 0 Å². The molecule has 1 aliphatic rings. The van der Waals surface area contributed by atoms with E-state index in [2.05, 4.69) is 21.1 Å². The quantitative estimate of drug-likeness (QED) is 0.625. The highest BCUT2D eigenvalue weighted by molar-refractivity contribution is 5.76. The van der Waals surface area contributed by atoms with Crippen molar-refractivity contribution < 1.29 is 14.1 Å². The van der Waals surface area contributed by atoms with E-state index < -0.39 is 0 Å². The average molecular weight is 406 g/mol. The zero-order valence-corrected chi connectivity index (χ0v) is 17.4. The number of para-hydroxylation sites is 2. The molecule has 7 heteroatoms. The molecule has 0 N–H and O–H groups in total. The molecular formula is C23H26N4O3. The van der Waals surface area contributed by atoms with Crippen LogP contribution in [-0.4, -0.2) is 54.2 Å². The van der Waals surface area contributed by atoms with Gasteiger partial charge in [0.2, 0.25) is 17.6 Å². The summed E-state index contributed by atoms with van der Waals surface area (Å²) in [5.41, 5.74) is 3.11. The Morgan fingerprint density at radius 2 is 1.80 bits per heavy atom. The number of hydrogen-bond donors (Lipinski definition) is 0. The number of anilines is 1. The molecule has 0 atom stereocenters. The molecule has 0 spiro atoms. The van der Waals surface area contributed by atoms with Crippen molar-refractivity contribution in [1.29, 1.82) is 0 Å². The highest BCUT2D eigenvalue weighted by Crippen LogP contribution is 2.28. The minimum atomic E-state index is 0.116. The van der Waals surface area contributed by atoms with Gasteiger partial charge in [0.25, 0.3) is 0 Å². The van der Waals surface area contributed by atoms with E-state index in [9.17, 15) is 4.79 Å². The second kappa shape index (κ2) is 8.98. The molecule has 3 aromatic rings. The number of carbonyl (C=O) groups excluding carboxylic acids is 1. The first-order valence-corrected chi connectivity index (χ1v) is 10.2. The lowest BCUT2D eigenvalue weighted by Crippen LogP contribution is -2.48. The Hall–Kier alpha value is -3.35. The summed E-state index contributed by atoms with van der Waals surface area (Å²) in [7, 11) is 1.68. The van der Waals surface area contributed by atoms with Crippen LogP contribution in [0.4, 0.5) is 5.69 Å². The van der Waals surface area contributed by atoms with Crippen molar-refractivity contribution in [2.24, 2.45) is 0 Å². The summed E-state index contributed by atoms with van der Waals surface area (Å²) in [5.74, 6) is 2.04. The molecule has 0 unspecified atom stereocenters. The van der Waals surface area contributed by atoms with Crippen LogP contribution in [0.3, 0.4) is 0 Å². The molecule has 30 heavy (non-hydrogen) atoms. The number of piperazine rings is 1. The third kappa shape index (κ3) is 4.30. The third-order valence-electron chi connectivity index (χ3n) is 5.47. The number of amides is 1. The molecule has 2 heterocycles. The van der Waals surface area contributed by atoms with E-state index in [-0.39, 0.29) is 5.91 Å². The Bertz CT molecular complexity index is 1010. The molecule has 0 aliphatic carbocycles. The highest BCUT2D eigenvalue weighted by atomic mass is 16.5. The lowest BCUT2D eigenvalue weighted by atomic mass is 10.1. The van der Waals surface area contributed by atoms with Crippen LogP contribution in [0.2, 0.25) is 0 Å². The summed E-state index contributed by atoms with van der Waals surface area (Å²) < 4.78 is 10.8. The summed E-state index contributed by atoms with van der Waals surface area (Å²) in [6.07, 6.45) is 0.814. The molecule has 1 aromatic heterocycles. The molecule has 1 fully saturated rings. The van der Waals surface area contributed by atoms with E-state index in [1.54, 1.807) is 7.11 Å². The molecular weight excluding hydrogens is 380 g/mol. The molecule has 156 valence electrons. The van der Waals surface area contributed by atoms with Crippen molar-refractivity contribution in [3.63, 3.8) is 0 Å². The second-order valence-corrected chi connectivity index (χ2v) is 7.37. The number of hydrogen-bond acceptors (Lipinski definition) is 6. The minimum Gasteiger partial charge on any atom is -0.495 e. The van der Waals surface area contributed by atoms with Gasteiger partial charge in [0.05, 0.1) is 12.8 Å². The molecule has 2 aromatic carbocycles. The topological polar surface area (TPSA) is 71.7 Å². The first kappa shape index (κ1) is 19.9. The van der Waals surface area contributed by atoms with Gasteiger partial charge in [-0.25, -0.2) is 0 Å². The van der Waals surface area contributed by atoms with Crippen LogP contribution in [0.5, 0.6) is 5.75 Å². The van der Waals surface area contributed by atoms with E-state index in [4.69, 9.17) is 9.26 Å².